The van der Waals surface area contributed by atoms with E-state index in [9.17, 15) is 18.0 Å². The molecule has 0 saturated carbocycles. The van der Waals surface area contributed by atoms with E-state index in [0.717, 1.165) is 10.7 Å². The van der Waals surface area contributed by atoms with Crippen molar-refractivity contribution in [3.63, 3.8) is 0 Å². The average Bonchev–Trinajstić information content (AvgIpc) is 3.12. The first-order valence-electron chi connectivity index (χ1n) is 7.41. The number of carbonyl (C=O) groups is 1. The summed E-state index contributed by atoms with van der Waals surface area (Å²) in [6, 6.07) is 5.27. The zero-order chi connectivity index (χ0) is 19.3. The zero-order valence-corrected chi connectivity index (χ0v) is 14.4. The minimum atomic E-state index is -4.57. The fraction of sp³-hybridized carbons (Fsp3) is 0.312. The van der Waals surface area contributed by atoms with E-state index < -0.39 is 23.4 Å². The number of alkyl halides is 3. The highest BCUT2D eigenvalue weighted by atomic mass is 35.5. The molecule has 1 aromatic heterocycles. The maximum absolute atomic E-state index is 12.9. The van der Waals surface area contributed by atoms with Crippen LogP contribution < -0.4 is 0 Å². The average molecular weight is 388 g/mol. The van der Waals surface area contributed by atoms with E-state index >= 15 is 0 Å². The molecule has 0 saturated heterocycles. The predicted molar refractivity (Wildman–Crippen MR) is 86.2 cm³/mol. The number of benzene rings is 1. The summed E-state index contributed by atoms with van der Waals surface area (Å²) in [5.74, 6) is -1.19. The van der Waals surface area contributed by atoms with Gasteiger partial charge in [0.25, 0.3) is 0 Å². The maximum atomic E-state index is 12.9. The van der Waals surface area contributed by atoms with Crippen molar-refractivity contribution in [1.29, 1.82) is 0 Å². The molecule has 1 aromatic carbocycles. The van der Waals surface area contributed by atoms with Gasteiger partial charge in [-0.25, -0.2) is 4.79 Å². The number of carboxylic acids is 1. The molecular formula is C16H13ClF3N3O3. The van der Waals surface area contributed by atoms with Crippen molar-refractivity contribution in [2.24, 2.45) is 12.2 Å². The van der Waals surface area contributed by atoms with Crippen LogP contribution in [0.25, 0.3) is 0 Å². The van der Waals surface area contributed by atoms with Crippen molar-refractivity contribution >= 4 is 23.3 Å². The Labute approximate surface area is 150 Å². The molecule has 0 fully saturated rings. The van der Waals surface area contributed by atoms with Gasteiger partial charge in [0.05, 0.1) is 22.0 Å². The van der Waals surface area contributed by atoms with Crippen molar-refractivity contribution in [2.45, 2.75) is 25.1 Å². The minimum absolute atomic E-state index is 0.0741. The third-order valence-corrected chi connectivity index (χ3v) is 4.43. The van der Waals surface area contributed by atoms with Crippen LogP contribution in [0, 0.1) is 0 Å². The highest BCUT2D eigenvalue weighted by Gasteiger charge is 2.43. The highest BCUT2D eigenvalue weighted by molar-refractivity contribution is 6.33. The Morgan fingerprint density at radius 3 is 2.65 bits per heavy atom. The summed E-state index contributed by atoms with van der Waals surface area (Å²) in [7, 11) is 1.39. The molecule has 26 heavy (non-hydrogen) atoms. The third-order valence-electron chi connectivity index (χ3n) is 4.10. The van der Waals surface area contributed by atoms with E-state index in [1.54, 1.807) is 13.0 Å². The van der Waals surface area contributed by atoms with Crippen LogP contribution in [0.2, 0.25) is 5.02 Å². The molecule has 0 radical (unpaired) electrons. The normalized spacial score (nSPS) is 20.0. The van der Waals surface area contributed by atoms with E-state index in [0.29, 0.717) is 11.3 Å². The van der Waals surface area contributed by atoms with Gasteiger partial charge in [0.1, 0.15) is 0 Å². The zero-order valence-electron chi connectivity index (χ0n) is 13.6. The van der Waals surface area contributed by atoms with Gasteiger partial charge < -0.3 is 9.94 Å². The SMILES string of the molecule is Cn1nc(C(F)(F)F)cc1C1(C)CC(c2ccc(Cl)c(C(=O)O)c2)=NO1. The lowest BCUT2D eigenvalue weighted by Crippen LogP contribution is -2.25. The standard InChI is InChI=1S/C16H13ClF3N3O3/c1-15(13-6-12(16(18,19)20)21-23(13)2)7-11(22-26-15)8-3-4-10(17)9(5-8)14(24)25/h3-6H,7H2,1-2H3,(H,24,25). The molecule has 1 N–H and O–H groups in total. The minimum Gasteiger partial charge on any atom is -0.478 e. The van der Waals surface area contributed by atoms with Crippen molar-refractivity contribution in [3.05, 3.63) is 51.8 Å². The number of rotatable bonds is 3. The Balaban J connectivity index is 1.91. The van der Waals surface area contributed by atoms with Crippen molar-refractivity contribution in [1.82, 2.24) is 9.78 Å². The largest absolute Gasteiger partial charge is 0.478 e. The number of carboxylic acid groups (broad SMARTS) is 1. The molecule has 1 atom stereocenters. The van der Waals surface area contributed by atoms with Crippen LogP contribution in [0.4, 0.5) is 13.2 Å². The van der Waals surface area contributed by atoms with Gasteiger partial charge in [0.15, 0.2) is 11.3 Å². The molecular weight excluding hydrogens is 375 g/mol. The number of hydrogen-bond acceptors (Lipinski definition) is 4. The van der Waals surface area contributed by atoms with E-state index in [1.807, 2.05) is 0 Å². The molecule has 1 unspecified atom stereocenters. The van der Waals surface area contributed by atoms with Crippen molar-refractivity contribution < 1.29 is 27.9 Å². The van der Waals surface area contributed by atoms with E-state index in [2.05, 4.69) is 10.3 Å². The molecule has 1 aliphatic rings. The monoisotopic (exact) mass is 387 g/mol. The van der Waals surface area contributed by atoms with Gasteiger partial charge in [-0.05, 0) is 25.1 Å². The van der Waals surface area contributed by atoms with Crippen LogP contribution in [-0.2, 0) is 23.7 Å². The molecule has 3 rings (SSSR count). The first-order chi connectivity index (χ1) is 12.0. The van der Waals surface area contributed by atoms with Gasteiger partial charge in [-0.2, -0.15) is 18.3 Å². The summed E-state index contributed by atoms with van der Waals surface area (Å²) in [4.78, 5) is 16.6. The lowest BCUT2D eigenvalue weighted by atomic mass is 9.92. The second-order valence-electron chi connectivity index (χ2n) is 6.07. The Kier molecular flexibility index (Phi) is 4.22. The molecule has 0 aliphatic carbocycles. The summed E-state index contributed by atoms with van der Waals surface area (Å²) < 4.78 is 39.7. The number of nitrogens with zero attached hydrogens (tertiary/aromatic N) is 3. The number of aromatic carboxylic acids is 1. The van der Waals surface area contributed by atoms with Crippen LogP contribution in [0.15, 0.2) is 29.4 Å². The third kappa shape index (κ3) is 3.14. The molecule has 0 bridgehead atoms. The lowest BCUT2D eigenvalue weighted by molar-refractivity contribution is -0.141. The number of aromatic nitrogens is 2. The van der Waals surface area contributed by atoms with E-state index in [1.165, 1.54) is 19.2 Å². The summed E-state index contributed by atoms with van der Waals surface area (Å²) in [6.45, 7) is 1.59. The van der Waals surface area contributed by atoms with Gasteiger partial charge >= 0.3 is 12.1 Å². The van der Waals surface area contributed by atoms with Crippen LogP contribution in [-0.4, -0.2) is 26.6 Å². The topological polar surface area (TPSA) is 76.7 Å². The second-order valence-corrected chi connectivity index (χ2v) is 6.48. The van der Waals surface area contributed by atoms with Crippen LogP contribution >= 0.6 is 11.6 Å². The van der Waals surface area contributed by atoms with Gasteiger partial charge in [0.2, 0.25) is 0 Å². The summed E-state index contributed by atoms with van der Waals surface area (Å²) in [5, 5.41) is 16.6. The van der Waals surface area contributed by atoms with Crippen molar-refractivity contribution in [3.8, 4) is 0 Å². The molecule has 138 valence electrons. The maximum Gasteiger partial charge on any atom is 0.435 e. The number of hydrogen-bond donors (Lipinski definition) is 1. The van der Waals surface area contributed by atoms with Crippen molar-refractivity contribution in [2.75, 3.05) is 0 Å². The predicted octanol–water partition coefficient (Wildman–Crippen LogP) is 3.83. The van der Waals surface area contributed by atoms with E-state index in [-0.39, 0.29) is 22.7 Å². The molecule has 0 amide bonds. The first-order valence-corrected chi connectivity index (χ1v) is 7.79. The molecule has 10 heteroatoms. The van der Waals surface area contributed by atoms with Gasteiger partial charge in [0, 0.05) is 19.0 Å². The highest BCUT2D eigenvalue weighted by Crippen LogP contribution is 2.38. The summed E-state index contributed by atoms with van der Waals surface area (Å²) >= 11 is 5.85. The van der Waals surface area contributed by atoms with Gasteiger partial charge in [-0.3, -0.25) is 4.68 Å². The molecule has 1 aliphatic heterocycles. The Bertz CT molecular complexity index is 923. The lowest BCUT2D eigenvalue weighted by Gasteiger charge is -2.21. The van der Waals surface area contributed by atoms with Crippen LogP contribution in [0.1, 0.15) is 40.7 Å². The Hall–Kier alpha value is -2.55. The van der Waals surface area contributed by atoms with Crippen LogP contribution in [0.5, 0.6) is 0 Å². The summed E-state index contributed by atoms with van der Waals surface area (Å²) in [5.41, 5.74) is -1.21. The van der Waals surface area contributed by atoms with Gasteiger partial charge in [-0.1, -0.05) is 22.8 Å². The second kappa shape index (κ2) is 6.01. The molecule has 6 nitrogen and oxygen atoms in total. The smallest absolute Gasteiger partial charge is 0.435 e. The fourth-order valence-corrected chi connectivity index (χ4v) is 3.00. The Morgan fingerprint density at radius 1 is 1.38 bits per heavy atom. The van der Waals surface area contributed by atoms with E-state index in [4.69, 9.17) is 21.5 Å². The molecule has 0 spiro atoms. The molecule has 2 aromatic rings. The Morgan fingerprint density at radius 2 is 2.08 bits per heavy atom. The summed E-state index contributed by atoms with van der Waals surface area (Å²) in [6.07, 6.45) is -4.42. The fourth-order valence-electron chi connectivity index (χ4n) is 2.80. The molecule has 2 heterocycles. The quantitative estimate of drug-likeness (QED) is 0.868. The number of halogens is 4. The number of oxime groups is 1. The number of aryl methyl sites for hydroxylation is 1. The first kappa shape index (κ1) is 18.2. The van der Waals surface area contributed by atoms with Gasteiger partial charge in [-0.15, -0.1) is 0 Å². The van der Waals surface area contributed by atoms with Crippen LogP contribution in [0.3, 0.4) is 0 Å².